The first-order valence-electron chi connectivity index (χ1n) is 5.53. The number of rotatable bonds is 9. The quantitative estimate of drug-likeness (QED) is 0.447. The van der Waals surface area contributed by atoms with E-state index in [2.05, 4.69) is 0 Å². The molecule has 0 aliphatic heterocycles. The van der Waals surface area contributed by atoms with E-state index in [0.717, 1.165) is 0 Å². The monoisotopic (exact) mass is 226 g/mol. The molecule has 0 aliphatic rings. The van der Waals surface area contributed by atoms with Crippen molar-refractivity contribution in [2.45, 2.75) is 27.2 Å². The third-order valence-electron chi connectivity index (χ3n) is 1.69. The van der Waals surface area contributed by atoms with Crippen LogP contribution in [-0.2, 0) is 14.2 Å². The van der Waals surface area contributed by atoms with E-state index in [4.69, 9.17) is 14.2 Å². The second-order valence-electron chi connectivity index (χ2n) is 3.00. The molecule has 0 aromatic rings. The predicted molar refractivity (Wildman–Crippen MR) is 66.1 cm³/mol. The zero-order chi connectivity index (χ0) is 12.1. The van der Waals surface area contributed by atoms with Crippen LogP contribution in [0, 0.1) is 0 Å². The van der Waals surface area contributed by atoms with Gasteiger partial charge in [-0.3, -0.25) is 0 Å². The first-order chi connectivity index (χ1) is 7.85. The van der Waals surface area contributed by atoms with Gasteiger partial charge in [-0.05, 0) is 20.8 Å². The fraction of sp³-hybridized carbons (Fsp3) is 0.538. The second-order valence-corrected chi connectivity index (χ2v) is 3.00. The van der Waals surface area contributed by atoms with Crippen LogP contribution in [0.2, 0.25) is 0 Å². The molecular formula is C13H22O3. The molecule has 3 heteroatoms. The van der Waals surface area contributed by atoms with Crippen LogP contribution in [0.15, 0.2) is 36.5 Å². The molecule has 0 N–H and O–H groups in total. The Balaban J connectivity index is 3.84. The maximum Gasteiger partial charge on any atom is 0.272 e. The second kappa shape index (κ2) is 12.2. The lowest BCUT2D eigenvalue weighted by Gasteiger charge is -2.16. The highest BCUT2D eigenvalue weighted by atomic mass is 16.8. The van der Waals surface area contributed by atoms with Crippen LogP contribution in [0.25, 0.3) is 0 Å². The average molecular weight is 226 g/mol. The van der Waals surface area contributed by atoms with Crippen molar-refractivity contribution >= 4 is 0 Å². The molecule has 3 nitrogen and oxygen atoms in total. The van der Waals surface area contributed by atoms with E-state index in [1.165, 1.54) is 0 Å². The van der Waals surface area contributed by atoms with Crippen LogP contribution < -0.4 is 0 Å². The largest absolute Gasteiger partial charge is 0.326 e. The number of hydrogen-bond donors (Lipinski definition) is 0. The number of ether oxygens (including phenoxy) is 3. The highest BCUT2D eigenvalue weighted by Crippen LogP contribution is 1.99. The summed E-state index contributed by atoms with van der Waals surface area (Å²) in [5.74, 6) is 0. The van der Waals surface area contributed by atoms with Crippen molar-refractivity contribution in [1.82, 2.24) is 0 Å². The van der Waals surface area contributed by atoms with Crippen LogP contribution in [0.3, 0.4) is 0 Å². The first kappa shape index (κ1) is 15.1. The summed E-state index contributed by atoms with van der Waals surface area (Å²) in [6, 6.07) is 0. The molecule has 0 bridgehead atoms. The van der Waals surface area contributed by atoms with Gasteiger partial charge in [0, 0.05) is 0 Å². The van der Waals surface area contributed by atoms with Crippen molar-refractivity contribution in [3.05, 3.63) is 36.5 Å². The van der Waals surface area contributed by atoms with Crippen molar-refractivity contribution in [1.29, 1.82) is 0 Å². The van der Waals surface area contributed by atoms with Crippen LogP contribution in [0.5, 0.6) is 0 Å². The van der Waals surface area contributed by atoms with E-state index in [0.29, 0.717) is 19.8 Å². The first-order valence-corrected chi connectivity index (χ1v) is 5.53. The molecule has 0 saturated heterocycles. The minimum absolute atomic E-state index is 0.493. The van der Waals surface area contributed by atoms with Crippen LogP contribution >= 0.6 is 0 Å². The fourth-order valence-electron chi connectivity index (χ4n) is 0.835. The summed E-state index contributed by atoms with van der Waals surface area (Å²) in [7, 11) is 0. The van der Waals surface area contributed by atoms with Gasteiger partial charge < -0.3 is 14.2 Å². The predicted octanol–water partition coefficient (Wildman–Crippen LogP) is 3.05. The summed E-state index contributed by atoms with van der Waals surface area (Å²) < 4.78 is 16.1. The van der Waals surface area contributed by atoms with Crippen molar-refractivity contribution < 1.29 is 14.2 Å². The van der Waals surface area contributed by atoms with Gasteiger partial charge in [0.2, 0.25) is 0 Å². The van der Waals surface area contributed by atoms with E-state index in [9.17, 15) is 0 Å². The SMILES string of the molecule is CC=CCOC(OCC=CC)OCC=CC. The number of hydrogen-bond acceptors (Lipinski definition) is 3. The van der Waals surface area contributed by atoms with Gasteiger partial charge in [-0.2, -0.15) is 0 Å². The van der Waals surface area contributed by atoms with Crippen molar-refractivity contribution in [3.63, 3.8) is 0 Å². The Morgan fingerprint density at radius 2 is 1.00 bits per heavy atom. The summed E-state index contributed by atoms with van der Waals surface area (Å²) in [4.78, 5) is 0. The van der Waals surface area contributed by atoms with Gasteiger partial charge in [0.25, 0.3) is 6.48 Å². The minimum Gasteiger partial charge on any atom is -0.326 e. The number of allylic oxidation sites excluding steroid dienone is 3. The third kappa shape index (κ3) is 9.65. The van der Waals surface area contributed by atoms with Crippen LogP contribution in [-0.4, -0.2) is 26.3 Å². The molecule has 0 radical (unpaired) electrons. The average Bonchev–Trinajstić information content (AvgIpc) is 2.29. The van der Waals surface area contributed by atoms with Gasteiger partial charge in [0.15, 0.2) is 0 Å². The summed E-state index contributed by atoms with van der Waals surface area (Å²) in [5, 5.41) is 0. The Hall–Kier alpha value is -0.900. The maximum atomic E-state index is 5.38. The molecule has 0 atom stereocenters. The van der Waals surface area contributed by atoms with E-state index in [1.807, 2.05) is 57.2 Å². The Labute approximate surface area is 98.4 Å². The highest BCUT2D eigenvalue weighted by Gasteiger charge is 2.06. The van der Waals surface area contributed by atoms with Gasteiger partial charge in [-0.25, -0.2) is 0 Å². The van der Waals surface area contributed by atoms with E-state index >= 15 is 0 Å². The highest BCUT2D eigenvalue weighted by molar-refractivity contribution is 4.78. The standard InChI is InChI=1S/C13H22O3/c1-4-7-10-14-13(15-11-8-5-2)16-12-9-6-3/h4-9,13H,10-12H2,1-3H3. The van der Waals surface area contributed by atoms with Crippen molar-refractivity contribution in [2.24, 2.45) is 0 Å². The lowest BCUT2D eigenvalue weighted by molar-refractivity contribution is -0.275. The molecule has 0 spiro atoms. The Kier molecular flexibility index (Phi) is 11.5. The fourth-order valence-corrected chi connectivity index (χ4v) is 0.835. The summed E-state index contributed by atoms with van der Waals surface area (Å²) in [6.45, 7) is 6.70. The molecular weight excluding hydrogens is 204 g/mol. The van der Waals surface area contributed by atoms with Gasteiger partial charge in [-0.1, -0.05) is 36.5 Å². The summed E-state index contributed by atoms with van der Waals surface area (Å²) in [5.41, 5.74) is 0. The molecule has 0 aromatic heterocycles. The van der Waals surface area contributed by atoms with Crippen molar-refractivity contribution in [3.8, 4) is 0 Å². The molecule has 0 rings (SSSR count). The molecule has 16 heavy (non-hydrogen) atoms. The van der Waals surface area contributed by atoms with E-state index in [1.54, 1.807) is 0 Å². The Morgan fingerprint density at radius 3 is 1.25 bits per heavy atom. The Bertz CT molecular complexity index is 181. The van der Waals surface area contributed by atoms with Crippen LogP contribution in [0.1, 0.15) is 20.8 Å². The van der Waals surface area contributed by atoms with Gasteiger partial charge >= 0.3 is 0 Å². The van der Waals surface area contributed by atoms with E-state index in [-0.39, 0.29) is 0 Å². The lowest BCUT2D eigenvalue weighted by Crippen LogP contribution is -2.21. The molecule has 0 unspecified atom stereocenters. The van der Waals surface area contributed by atoms with E-state index < -0.39 is 6.48 Å². The molecule has 0 aromatic carbocycles. The lowest BCUT2D eigenvalue weighted by atomic mass is 10.5. The molecule has 0 fully saturated rings. The molecule has 92 valence electrons. The summed E-state index contributed by atoms with van der Waals surface area (Å²) >= 11 is 0. The Morgan fingerprint density at radius 1 is 0.688 bits per heavy atom. The molecule has 0 saturated carbocycles. The third-order valence-corrected chi connectivity index (χ3v) is 1.69. The van der Waals surface area contributed by atoms with Gasteiger partial charge in [0.1, 0.15) is 0 Å². The molecule has 0 amide bonds. The topological polar surface area (TPSA) is 27.7 Å². The minimum atomic E-state index is -0.608. The van der Waals surface area contributed by atoms with Crippen molar-refractivity contribution in [2.75, 3.05) is 19.8 Å². The molecule has 0 heterocycles. The summed E-state index contributed by atoms with van der Waals surface area (Å²) in [6.07, 6.45) is 11.5. The smallest absolute Gasteiger partial charge is 0.272 e. The van der Waals surface area contributed by atoms with Gasteiger partial charge in [0.05, 0.1) is 19.8 Å². The van der Waals surface area contributed by atoms with Crippen LogP contribution in [0.4, 0.5) is 0 Å². The molecule has 0 aliphatic carbocycles. The van der Waals surface area contributed by atoms with Gasteiger partial charge in [-0.15, -0.1) is 0 Å². The zero-order valence-electron chi connectivity index (χ0n) is 10.4. The normalized spacial score (nSPS) is 14.4. The maximum absolute atomic E-state index is 5.38. The zero-order valence-corrected chi connectivity index (χ0v) is 10.4.